The Morgan fingerprint density at radius 1 is 0.800 bits per heavy atom. The van der Waals surface area contributed by atoms with E-state index in [0.29, 0.717) is 0 Å². The molecule has 0 aliphatic heterocycles. The fraction of sp³-hybridized carbons (Fsp3) is 0.250. The summed E-state index contributed by atoms with van der Waals surface area (Å²) in [5.41, 5.74) is -0.933. The highest BCUT2D eigenvalue weighted by Gasteiger charge is 2.25. The van der Waals surface area contributed by atoms with E-state index < -0.39 is 41.1 Å². The highest BCUT2D eigenvalue weighted by molar-refractivity contribution is 5.24. The number of hydrogen-bond acceptors (Lipinski definition) is 2. The SMILES string of the molecule is NOCCc1c(F)c(F)c(F)c(F)c1F. The lowest BCUT2D eigenvalue weighted by molar-refractivity contribution is 0.139. The Morgan fingerprint density at radius 3 is 1.60 bits per heavy atom. The summed E-state index contributed by atoms with van der Waals surface area (Å²) in [6, 6.07) is 0. The Labute approximate surface area is 81.4 Å². The lowest BCUT2D eigenvalue weighted by Crippen LogP contribution is -2.11. The lowest BCUT2D eigenvalue weighted by Gasteiger charge is -2.06. The van der Waals surface area contributed by atoms with Crippen LogP contribution in [0.1, 0.15) is 5.56 Å². The van der Waals surface area contributed by atoms with Gasteiger partial charge < -0.3 is 4.84 Å². The molecule has 7 heteroatoms. The van der Waals surface area contributed by atoms with Crippen molar-refractivity contribution in [1.82, 2.24) is 0 Å². The minimum absolute atomic E-state index is 0.349. The second kappa shape index (κ2) is 4.54. The molecule has 2 N–H and O–H groups in total. The van der Waals surface area contributed by atoms with Gasteiger partial charge in [0, 0.05) is 12.0 Å². The van der Waals surface area contributed by atoms with Crippen molar-refractivity contribution in [3.05, 3.63) is 34.6 Å². The number of nitrogens with two attached hydrogens (primary N) is 1. The van der Waals surface area contributed by atoms with Gasteiger partial charge in [-0.15, -0.1) is 0 Å². The molecule has 15 heavy (non-hydrogen) atoms. The monoisotopic (exact) mass is 227 g/mol. The lowest BCUT2D eigenvalue weighted by atomic mass is 10.1. The van der Waals surface area contributed by atoms with E-state index in [1.165, 1.54) is 0 Å². The molecule has 0 saturated carbocycles. The summed E-state index contributed by atoms with van der Waals surface area (Å²) in [6.07, 6.45) is -0.498. The van der Waals surface area contributed by atoms with E-state index in [0.717, 1.165) is 0 Å². The third-order valence-electron chi connectivity index (χ3n) is 1.77. The fourth-order valence-electron chi connectivity index (χ4n) is 1.03. The molecule has 0 spiro atoms. The van der Waals surface area contributed by atoms with Crippen LogP contribution in [0.5, 0.6) is 0 Å². The normalized spacial score (nSPS) is 10.8. The molecule has 0 aliphatic carbocycles. The van der Waals surface area contributed by atoms with E-state index in [1.54, 1.807) is 0 Å². The maximum absolute atomic E-state index is 12.9. The van der Waals surface area contributed by atoms with Gasteiger partial charge in [0.2, 0.25) is 5.82 Å². The standard InChI is InChI=1S/C8H6F5NO/c9-4-3(1-2-15-14)5(10)7(12)8(13)6(4)11/h1-2,14H2. The average Bonchev–Trinajstić information content (AvgIpc) is 2.24. The molecule has 84 valence electrons. The molecule has 1 aromatic rings. The van der Waals surface area contributed by atoms with Crippen LogP contribution >= 0.6 is 0 Å². The van der Waals surface area contributed by atoms with Gasteiger partial charge in [-0.1, -0.05) is 0 Å². The van der Waals surface area contributed by atoms with E-state index in [1.807, 2.05) is 0 Å². The Morgan fingerprint density at radius 2 is 1.20 bits per heavy atom. The molecular weight excluding hydrogens is 221 g/mol. The second-order valence-electron chi connectivity index (χ2n) is 2.67. The largest absolute Gasteiger partial charge is 0.304 e. The van der Waals surface area contributed by atoms with Crippen molar-refractivity contribution < 1.29 is 26.8 Å². The molecule has 1 rings (SSSR count). The first kappa shape index (κ1) is 11.9. The van der Waals surface area contributed by atoms with Gasteiger partial charge in [0.1, 0.15) is 0 Å². The summed E-state index contributed by atoms with van der Waals surface area (Å²) in [7, 11) is 0. The number of rotatable bonds is 3. The van der Waals surface area contributed by atoms with Crippen molar-refractivity contribution in [2.45, 2.75) is 6.42 Å². The first-order valence-corrected chi connectivity index (χ1v) is 3.82. The third kappa shape index (κ3) is 2.07. The van der Waals surface area contributed by atoms with Gasteiger partial charge in [-0.2, -0.15) is 0 Å². The molecule has 0 atom stereocenters. The first-order valence-electron chi connectivity index (χ1n) is 3.82. The van der Waals surface area contributed by atoms with E-state index >= 15 is 0 Å². The zero-order valence-electron chi connectivity index (χ0n) is 7.29. The Kier molecular flexibility index (Phi) is 3.59. The van der Waals surface area contributed by atoms with Crippen molar-refractivity contribution in [2.24, 2.45) is 5.90 Å². The number of hydrogen-bond donors (Lipinski definition) is 1. The van der Waals surface area contributed by atoms with Gasteiger partial charge in [0.25, 0.3) is 0 Å². The topological polar surface area (TPSA) is 35.2 Å². The quantitative estimate of drug-likeness (QED) is 0.370. The van der Waals surface area contributed by atoms with Crippen molar-refractivity contribution in [3.63, 3.8) is 0 Å². The van der Waals surface area contributed by atoms with Gasteiger partial charge in [0.05, 0.1) is 6.61 Å². The van der Waals surface area contributed by atoms with Crippen LogP contribution in [0.4, 0.5) is 22.0 Å². The van der Waals surface area contributed by atoms with E-state index in [2.05, 4.69) is 10.7 Å². The highest BCUT2D eigenvalue weighted by atomic mass is 19.2. The fourth-order valence-corrected chi connectivity index (χ4v) is 1.03. The molecule has 0 radical (unpaired) electrons. The number of benzene rings is 1. The predicted molar refractivity (Wildman–Crippen MR) is 40.1 cm³/mol. The molecule has 2 nitrogen and oxygen atoms in total. The molecule has 0 saturated heterocycles. The first-order chi connectivity index (χ1) is 7.00. The summed E-state index contributed by atoms with van der Waals surface area (Å²) in [6.45, 7) is -0.349. The average molecular weight is 227 g/mol. The Bertz CT molecular complexity index is 353. The summed E-state index contributed by atoms with van der Waals surface area (Å²) in [5.74, 6) is -5.26. The minimum atomic E-state index is -2.18. The molecule has 0 aliphatic rings. The maximum Gasteiger partial charge on any atom is 0.200 e. The Balaban J connectivity index is 3.26. The van der Waals surface area contributed by atoms with Crippen molar-refractivity contribution in [2.75, 3.05) is 6.61 Å². The summed E-state index contributed by atoms with van der Waals surface area (Å²) in [4.78, 5) is 3.99. The van der Waals surface area contributed by atoms with Crippen LogP contribution in [0.3, 0.4) is 0 Å². The maximum atomic E-state index is 12.9. The van der Waals surface area contributed by atoms with Gasteiger partial charge in [-0.25, -0.2) is 27.8 Å². The highest BCUT2D eigenvalue weighted by Crippen LogP contribution is 2.23. The molecule has 0 fully saturated rings. The van der Waals surface area contributed by atoms with E-state index in [-0.39, 0.29) is 6.61 Å². The smallest absolute Gasteiger partial charge is 0.200 e. The van der Waals surface area contributed by atoms with Crippen molar-refractivity contribution >= 4 is 0 Å². The van der Waals surface area contributed by atoms with Crippen molar-refractivity contribution in [1.29, 1.82) is 0 Å². The zero-order chi connectivity index (χ0) is 11.6. The number of halogens is 5. The molecular formula is C8H6F5NO. The van der Waals surface area contributed by atoms with Gasteiger partial charge in [-0.3, -0.25) is 0 Å². The van der Waals surface area contributed by atoms with E-state index in [4.69, 9.17) is 0 Å². The third-order valence-corrected chi connectivity index (χ3v) is 1.77. The van der Waals surface area contributed by atoms with Crippen LogP contribution in [0, 0.1) is 29.1 Å². The van der Waals surface area contributed by atoms with Crippen LogP contribution in [0.15, 0.2) is 0 Å². The van der Waals surface area contributed by atoms with Gasteiger partial charge >= 0.3 is 0 Å². The van der Waals surface area contributed by atoms with Gasteiger partial charge in [0.15, 0.2) is 23.3 Å². The van der Waals surface area contributed by atoms with Crippen LogP contribution in [-0.2, 0) is 11.3 Å². The molecule has 0 heterocycles. The predicted octanol–water partition coefficient (Wildman–Crippen LogP) is 1.81. The van der Waals surface area contributed by atoms with Gasteiger partial charge in [-0.05, 0) is 0 Å². The van der Waals surface area contributed by atoms with Crippen LogP contribution < -0.4 is 5.90 Å². The molecule has 0 amide bonds. The molecule has 0 aromatic heterocycles. The second-order valence-corrected chi connectivity index (χ2v) is 2.67. The van der Waals surface area contributed by atoms with Crippen LogP contribution in [0.2, 0.25) is 0 Å². The molecule has 0 unspecified atom stereocenters. The zero-order valence-corrected chi connectivity index (χ0v) is 7.29. The molecule has 1 aromatic carbocycles. The summed E-state index contributed by atoms with van der Waals surface area (Å²) < 4.78 is 63.5. The van der Waals surface area contributed by atoms with Crippen LogP contribution in [0.25, 0.3) is 0 Å². The minimum Gasteiger partial charge on any atom is -0.304 e. The summed E-state index contributed by atoms with van der Waals surface area (Å²) in [5, 5.41) is 0. The van der Waals surface area contributed by atoms with E-state index in [9.17, 15) is 22.0 Å². The molecule has 0 bridgehead atoms. The summed E-state index contributed by atoms with van der Waals surface area (Å²) >= 11 is 0. The Hall–Kier alpha value is -1.21. The van der Waals surface area contributed by atoms with Crippen LogP contribution in [-0.4, -0.2) is 6.61 Å². The van der Waals surface area contributed by atoms with Crippen molar-refractivity contribution in [3.8, 4) is 0 Å².